The Kier molecular flexibility index (Phi) is 4.40. The summed E-state index contributed by atoms with van der Waals surface area (Å²) in [6.07, 6.45) is 4.70. The maximum atomic E-state index is 5.74. The fraction of sp³-hybridized carbons (Fsp3) is 0.438. The summed E-state index contributed by atoms with van der Waals surface area (Å²) >= 11 is 0. The number of fused-ring (bicyclic) bond motifs is 1. The smallest absolute Gasteiger partial charge is 0.161 e. The predicted octanol–water partition coefficient (Wildman–Crippen LogP) is 2.40. The van der Waals surface area contributed by atoms with Crippen molar-refractivity contribution in [2.75, 3.05) is 19.8 Å². The van der Waals surface area contributed by atoms with E-state index >= 15 is 0 Å². The van der Waals surface area contributed by atoms with Crippen LogP contribution in [0.1, 0.15) is 24.9 Å². The lowest BCUT2D eigenvalue weighted by Gasteiger charge is -2.16. The molecule has 2 heterocycles. The molecule has 5 nitrogen and oxygen atoms in total. The second-order valence-electron chi connectivity index (χ2n) is 5.20. The van der Waals surface area contributed by atoms with Crippen LogP contribution in [-0.4, -0.2) is 29.5 Å². The van der Waals surface area contributed by atoms with Gasteiger partial charge >= 0.3 is 0 Å². The number of nitrogens with one attached hydrogen (secondary N) is 1. The normalized spacial score (nSPS) is 15.5. The van der Waals surface area contributed by atoms with E-state index < -0.39 is 0 Å². The second kappa shape index (κ2) is 6.63. The maximum Gasteiger partial charge on any atom is 0.161 e. The largest absolute Gasteiger partial charge is 0.490 e. The van der Waals surface area contributed by atoms with Crippen molar-refractivity contribution in [2.45, 2.75) is 25.9 Å². The highest BCUT2D eigenvalue weighted by Gasteiger charge is 2.13. The Labute approximate surface area is 124 Å². The fourth-order valence-electron chi connectivity index (χ4n) is 2.40. The molecule has 1 unspecified atom stereocenters. The number of hydrogen-bond donors (Lipinski definition) is 1. The lowest BCUT2D eigenvalue weighted by molar-refractivity contribution is 0.297. The summed E-state index contributed by atoms with van der Waals surface area (Å²) in [4.78, 5) is 0. The Morgan fingerprint density at radius 1 is 1.29 bits per heavy atom. The maximum absolute atomic E-state index is 5.74. The van der Waals surface area contributed by atoms with Crippen LogP contribution >= 0.6 is 0 Å². The molecule has 0 bridgehead atoms. The summed E-state index contributed by atoms with van der Waals surface area (Å²) in [6.45, 7) is 5.34. The van der Waals surface area contributed by atoms with Crippen LogP contribution in [0.2, 0.25) is 0 Å². The van der Waals surface area contributed by atoms with Crippen LogP contribution in [0.3, 0.4) is 0 Å². The summed E-state index contributed by atoms with van der Waals surface area (Å²) in [5.74, 6) is 1.70. The molecule has 0 aliphatic carbocycles. The first kappa shape index (κ1) is 13.9. The van der Waals surface area contributed by atoms with Crippen LogP contribution in [0.25, 0.3) is 0 Å². The Hall–Kier alpha value is -2.01. The highest BCUT2D eigenvalue weighted by molar-refractivity contribution is 5.44. The molecule has 112 valence electrons. The van der Waals surface area contributed by atoms with Crippen molar-refractivity contribution >= 4 is 0 Å². The van der Waals surface area contributed by atoms with E-state index in [0.717, 1.165) is 44.2 Å². The van der Waals surface area contributed by atoms with E-state index in [0.29, 0.717) is 0 Å². The summed E-state index contributed by atoms with van der Waals surface area (Å²) in [6, 6.07) is 8.37. The second-order valence-corrected chi connectivity index (χ2v) is 5.20. The van der Waals surface area contributed by atoms with Crippen molar-refractivity contribution in [3.05, 3.63) is 42.2 Å². The minimum absolute atomic E-state index is 0.262. The van der Waals surface area contributed by atoms with E-state index in [1.54, 1.807) is 6.20 Å². The van der Waals surface area contributed by atoms with E-state index in [-0.39, 0.29) is 6.04 Å². The van der Waals surface area contributed by atoms with Crippen molar-refractivity contribution in [1.82, 2.24) is 15.1 Å². The van der Waals surface area contributed by atoms with Crippen LogP contribution in [0, 0.1) is 0 Å². The van der Waals surface area contributed by atoms with Crippen LogP contribution < -0.4 is 14.8 Å². The first-order valence-corrected chi connectivity index (χ1v) is 7.43. The minimum atomic E-state index is 0.262. The topological polar surface area (TPSA) is 48.3 Å². The third-order valence-electron chi connectivity index (χ3n) is 3.62. The van der Waals surface area contributed by atoms with E-state index in [2.05, 4.69) is 29.5 Å². The van der Waals surface area contributed by atoms with Crippen molar-refractivity contribution in [3.63, 3.8) is 0 Å². The van der Waals surface area contributed by atoms with Crippen molar-refractivity contribution < 1.29 is 9.47 Å². The zero-order chi connectivity index (χ0) is 14.5. The number of aromatic nitrogens is 2. The van der Waals surface area contributed by atoms with Gasteiger partial charge in [-0.2, -0.15) is 5.10 Å². The summed E-state index contributed by atoms with van der Waals surface area (Å²) in [5.41, 5.74) is 1.21. The Balaban J connectivity index is 1.59. The van der Waals surface area contributed by atoms with Gasteiger partial charge in [-0.05, 0) is 30.7 Å². The van der Waals surface area contributed by atoms with E-state index in [1.165, 1.54) is 5.56 Å². The molecular formula is C16H21N3O2. The van der Waals surface area contributed by atoms with Crippen molar-refractivity contribution in [3.8, 4) is 11.5 Å². The van der Waals surface area contributed by atoms with Gasteiger partial charge in [-0.25, -0.2) is 0 Å². The van der Waals surface area contributed by atoms with Gasteiger partial charge in [0, 0.05) is 31.4 Å². The lowest BCUT2D eigenvalue weighted by Crippen LogP contribution is -2.23. The third kappa shape index (κ3) is 3.55. The molecule has 0 spiro atoms. The highest BCUT2D eigenvalue weighted by atomic mass is 16.5. The number of benzene rings is 1. The van der Waals surface area contributed by atoms with Crippen LogP contribution in [-0.2, 0) is 6.54 Å². The SMILES string of the molecule is CC(NCCn1cccn1)c1ccc2c(c1)OCCCO2. The number of ether oxygens (including phenoxy) is 2. The van der Waals surface area contributed by atoms with Gasteiger partial charge < -0.3 is 14.8 Å². The van der Waals surface area contributed by atoms with E-state index in [9.17, 15) is 0 Å². The summed E-state index contributed by atoms with van der Waals surface area (Å²) < 4.78 is 13.3. The monoisotopic (exact) mass is 287 g/mol. The molecule has 1 N–H and O–H groups in total. The van der Waals surface area contributed by atoms with E-state index in [1.807, 2.05) is 23.0 Å². The number of hydrogen-bond acceptors (Lipinski definition) is 4. The molecule has 0 amide bonds. The molecule has 1 atom stereocenters. The Morgan fingerprint density at radius 3 is 2.95 bits per heavy atom. The molecule has 0 saturated carbocycles. The van der Waals surface area contributed by atoms with Crippen molar-refractivity contribution in [2.24, 2.45) is 0 Å². The van der Waals surface area contributed by atoms with Gasteiger partial charge in [0.2, 0.25) is 0 Å². The average molecular weight is 287 g/mol. The molecular weight excluding hydrogens is 266 g/mol. The minimum Gasteiger partial charge on any atom is -0.490 e. The zero-order valence-electron chi connectivity index (χ0n) is 12.3. The average Bonchev–Trinajstić information content (AvgIpc) is 2.90. The molecule has 1 aliphatic heterocycles. The first-order valence-electron chi connectivity index (χ1n) is 7.43. The molecule has 0 fully saturated rings. The van der Waals surface area contributed by atoms with Crippen molar-refractivity contribution in [1.29, 1.82) is 0 Å². The molecule has 21 heavy (non-hydrogen) atoms. The van der Waals surface area contributed by atoms with Gasteiger partial charge in [-0.1, -0.05) is 6.07 Å². The van der Waals surface area contributed by atoms with Gasteiger partial charge in [0.25, 0.3) is 0 Å². The van der Waals surface area contributed by atoms with Crippen LogP contribution in [0.4, 0.5) is 0 Å². The number of nitrogens with zero attached hydrogens (tertiary/aromatic N) is 2. The van der Waals surface area contributed by atoms with E-state index in [4.69, 9.17) is 9.47 Å². The molecule has 0 saturated heterocycles. The molecule has 5 heteroatoms. The molecule has 1 aromatic heterocycles. The van der Waals surface area contributed by atoms with Gasteiger partial charge in [0.1, 0.15) is 0 Å². The summed E-state index contributed by atoms with van der Waals surface area (Å²) in [7, 11) is 0. The Bertz CT molecular complexity index is 569. The Morgan fingerprint density at radius 2 is 2.14 bits per heavy atom. The van der Waals surface area contributed by atoms with Gasteiger partial charge in [-0.15, -0.1) is 0 Å². The quantitative estimate of drug-likeness (QED) is 0.917. The standard InChI is InChI=1S/C16H21N3O2/c1-13(17-7-9-19-8-2-6-18-19)14-4-5-15-16(12-14)21-11-3-10-20-15/h2,4-6,8,12-13,17H,3,7,9-11H2,1H3. The van der Waals surface area contributed by atoms with Crippen LogP contribution in [0.5, 0.6) is 11.5 Å². The molecule has 0 radical (unpaired) electrons. The number of rotatable bonds is 5. The van der Waals surface area contributed by atoms with Gasteiger partial charge in [-0.3, -0.25) is 4.68 Å². The zero-order valence-corrected chi connectivity index (χ0v) is 12.3. The molecule has 1 aliphatic rings. The molecule has 3 rings (SSSR count). The predicted molar refractivity (Wildman–Crippen MR) is 80.7 cm³/mol. The van der Waals surface area contributed by atoms with Gasteiger partial charge in [0.15, 0.2) is 11.5 Å². The lowest BCUT2D eigenvalue weighted by atomic mass is 10.1. The molecule has 2 aromatic rings. The van der Waals surface area contributed by atoms with Crippen LogP contribution in [0.15, 0.2) is 36.7 Å². The van der Waals surface area contributed by atoms with Gasteiger partial charge in [0.05, 0.1) is 19.8 Å². The highest BCUT2D eigenvalue weighted by Crippen LogP contribution is 2.32. The molecule has 1 aromatic carbocycles. The third-order valence-corrected chi connectivity index (χ3v) is 3.62. The summed E-state index contributed by atoms with van der Waals surface area (Å²) in [5, 5.41) is 7.70. The fourth-order valence-corrected chi connectivity index (χ4v) is 2.40. The first-order chi connectivity index (χ1) is 10.3.